The first-order valence-electron chi connectivity index (χ1n) is 6.47. The van der Waals surface area contributed by atoms with Crippen molar-refractivity contribution in [3.05, 3.63) is 12.7 Å². The van der Waals surface area contributed by atoms with Crippen molar-refractivity contribution in [2.45, 2.75) is 32.0 Å². The lowest BCUT2D eigenvalue weighted by Gasteiger charge is -2.28. The second-order valence-corrected chi connectivity index (χ2v) is 4.99. The molecular formula is C13H18F3NO4. The average Bonchev–Trinajstić information content (AvgIpc) is 2.83. The second kappa shape index (κ2) is 6.46. The van der Waals surface area contributed by atoms with Crippen LogP contribution in [0.1, 0.15) is 19.8 Å². The molecule has 5 nitrogen and oxygen atoms in total. The SMILES string of the molecule is C=CCCOC(C)C(=O)N1CCC(C(=O)O)(C(F)(F)F)C1. The molecular weight excluding hydrogens is 291 g/mol. The molecule has 1 N–H and O–H groups in total. The van der Waals surface area contributed by atoms with E-state index in [0.717, 1.165) is 4.90 Å². The van der Waals surface area contributed by atoms with E-state index < -0.39 is 42.5 Å². The van der Waals surface area contributed by atoms with Gasteiger partial charge in [0.2, 0.25) is 0 Å². The lowest BCUT2D eigenvalue weighted by molar-refractivity contribution is -0.227. The molecule has 2 atom stereocenters. The minimum atomic E-state index is -4.90. The zero-order valence-corrected chi connectivity index (χ0v) is 11.7. The first-order valence-corrected chi connectivity index (χ1v) is 6.47. The Kier molecular flexibility index (Phi) is 5.38. The molecule has 0 radical (unpaired) electrons. The monoisotopic (exact) mass is 309 g/mol. The zero-order valence-electron chi connectivity index (χ0n) is 11.7. The van der Waals surface area contributed by atoms with Crippen molar-refractivity contribution in [1.29, 1.82) is 0 Å². The normalized spacial score (nSPS) is 23.9. The van der Waals surface area contributed by atoms with Gasteiger partial charge in [-0.1, -0.05) is 6.08 Å². The van der Waals surface area contributed by atoms with Gasteiger partial charge in [-0.3, -0.25) is 9.59 Å². The number of carbonyl (C=O) groups excluding carboxylic acids is 1. The molecule has 1 aliphatic heterocycles. The number of hydrogen-bond acceptors (Lipinski definition) is 3. The number of ether oxygens (including phenoxy) is 1. The van der Waals surface area contributed by atoms with Gasteiger partial charge < -0.3 is 14.7 Å². The maximum atomic E-state index is 13.0. The van der Waals surface area contributed by atoms with Crippen molar-refractivity contribution >= 4 is 11.9 Å². The third-order valence-corrected chi connectivity index (χ3v) is 3.57. The number of aliphatic carboxylic acids is 1. The van der Waals surface area contributed by atoms with E-state index in [-0.39, 0.29) is 13.2 Å². The van der Waals surface area contributed by atoms with Gasteiger partial charge >= 0.3 is 12.1 Å². The minimum Gasteiger partial charge on any atom is -0.481 e. The molecule has 1 amide bonds. The number of halogens is 3. The summed E-state index contributed by atoms with van der Waals surface area (Å²) in [5.41, 5.74) is -2.89. The van der Waals surface area contributed by atoms with E-state index in [1.807, 2.05) is 0 Å². The maximum Gasteiger partial charge on any atom is 0.406 e. The van der Waals surface area contributed by atoms with Gasteiger partial charge in [0, 0.05) is 13.1 Å². The Morgan fingerprint density at radius 2 is 2.14 bits per heavy atom. The topological polar surface area (TPSA) is 66.8 Å². The lowest BCUT2D eigenvalue weighted by Crippen LogP contribution is -2.48. The first-order chi connectivity index (χ1) is 9.65. The van der Waals surface area contributed by atoms with Crippen molar-refractivity contribution in [1.82, 2.24) is 4.90 Å². The number of carbonyl (C=O) groups is 2. The Bertz CT molecular complexity index is 424. The smallest absolute Gasteiger partial charge is 0.406 e. The Morgan fingerprint density at radius 3 is 2.57 bits per heavy atom. The van der Waals surface area contributed by atoms with Crippen LogP contribution in [-0.4, -0.2) is 53.9 Å². The number of hydrogen-bond donors (Lipinski definition) is 1. The van der Waals surface area contributed by atoms with Crippen LogP contribution in [0.3, 0.4) is 0 Å². The van der Waals surface area contributed by atoms with Crippen LogP contribution in [0.4, 0.5) is 13.2 Å². The summed E-state index contributed by atoms with van der Waals surface area (Å²) in [6, 6.07) is 0. The largest absolute Gasteiger partial charge is 0.481 e. The molecule has 1 saturated heterocycles. The highest BCUT2D eigenvalue weighted by atomic mass is 19.4. The summed E-state index contributed by atoms with van der Waals surface area (Å²) in [4.78, 5) is 23.9. The molecule has 1 fully saturated rings. The highest BCUT2D eigenvalue weighted by molar-refractivity contribution is 5.83. The predicted molar refractivity (Wildman–Crippen MR) is 67.5 cm³/mol. The lowest BCUT2D eigenvalue weighted by atomic mass is 9.86. The van der Waals surface area contributed by atoms with Gasteiger partial charge in [-0.15, -0.1) is 6.58 Å². The summed E-state index contributed by atoms with van der Waals surface area (Å²) in [5, 5.41) is 8.91. The molecule has 0 aromatic carbocycles. The fraction of sp³-hybridized carbons (Fsp3) is 0.692. The van der Waals surface area contributed by atoms with Gasteiger partial charge in [0.15, 0.2) is 5.41 Å². The standard InChI is InChI=1S/C13H18F3NO4/c1-3-4-7-21-9(2)10(18)17-6-5-12(8-17,11(19)20)13(14,15)16/h3,9H,1,4-8H2,2H3,(H,19,20). The van der Waals surface area contributed by atoms with Crippen LogP contribution in [0, 0.1) is 5.41 Å². The van der Waals surface area contributed by atoms with Crippen LogP contribution in [-0.2, 0) is 14.3 Å². The van der Waals surface area contributed by atoms with Gasteiger partial charge in [0.1, 0.15) is 6.10 Å². The Hall–Kier alpha value is -1.57. The maximum absolute atomic E-state index is 13.0. The van der Waals surface area contributed by atoms with E-state index in [1.54, 1.807) is 6.08 Å². The molecule has 8 heteroatoms. The third-order valence-electron chi connectivity index (χ3n) is 3.57. The van der Waals surface area contributed by atoms with Crippen LogP contribution in [0.5, 0.6) is 0 Å². The molecule has 21 heavy (non-hydrogen) atoms. The Labute approximate surface area is 120 Å². The third kappa shape index (κ3) is 3.55. The highest BCUT2D eigenvalue weighted by Crippen LogP contribution is 2.45. The van der Waals surface area contributed by atoms with Crippen LogP contribution in [0.2, 0.25) is 0 Å². The van der Waals surface area contributed by atoms with Crippen LogP contribution in [0.25, 0.3) is 0 Å². The van der Waals surface area contributed by atoms with E-state index in [4.69, 9.17) is 9.84 Å². The van der Waals surface area contributed by atoms with E-state index in [9.17, 15) is 22.8 Å². The molecule has 0 aromatic heterocycles. The quantitative estimate of drug-likeness (QED) is 0.600. The fourth-order valence-electron chi connectivity index (χ4n) is 2.18. The molecule has 1 heterocycles. The van der Waals surface area contributed by atoms with Crippen molar-refractivity contribution in [3.8, 4) is 0 Å². The molecule has 1 rings (SSSR count). The number of likely N-dealkylation sites (tertiary alicyclic amines) is 1. The summed E-state index contributed by atoms with van der Waals surface area (Å²) >= 11 is 0. The highest BCUT2D eigenvalue weighted by Gasteiger charge is 2.64. The van der Waals surface area contributed by atoms with Crippen molar-refractivity contribution in [3.63, 3.8) is 0 Å². The summed E-state index contributed by atoms with van der Waals surface area (Å²) in [6.07, 6.45) is -4.36. The predicted octanol–water partition coefficient (Wildman–Crippen LogP) is 1.83. The van der Waals surface area contributed by atoms with Crippen molar-refractivity contribution in [2.75, 3.05) is 19.7 Å². The number of nitrogens with zero attached hydrogens (tertiary/aromatic N) is 1. The number of carboxylic acid groups (broad SMARTS) is 1. The van der Waals surface area contributed by atoms with Gasteiger partial charge in [-0.05, 0) is 19.8 Å². The molecule has 0 spiro atoms. The van der Waals surface area contributed by atoms with Gasteiger partial charge in [-0.25, -0.2) is 0 Å². The molecule has 0 aromatic rings. The minimum absolute atomic E-state index is 0.230. The van der Waals surface area contributed by atoms with E-state index in [2.05, 4.69) is 6.58 Å². The summed E-state index contributed by atoms with van der Waals surface area (Å²) in [6.45, 7) is 4.01. The first kappa shape index (κ1) is 17.5. The van der Waals surface area contributed by atoms with Crippen LogP contribution >= 0.6 is 0 Å². The van der Waals surface area contributed by atoms with Gasteiger partial charge in [0.25, 0.3) is 5.91 Å². The van der Waals surface area contributed by atoms with E-state index in [1.165, 1.54) is 6.92 Å². The molecule has 0 aliphatic carbocycles. The molecule has 120 valence electrons. The average molecular weight is 309 g/mol. The summed E-state index contributed by atoms with van der Waals surface area (Å²) < 4.78 is 44.2. The van der Waals surface area contributed by atoms with Gasteiger partial charge in [0.05, 0.1) is 6.61 Å². The van der Waals surface area contributed by atoms with E-state index in [0.29, 0.717) is 6.42 Å². The van der Waals surface area contributed by atoms with Crippen LogP contribution in [0.15, 0.2) is 12.7 Å². The molecule has 0 saturated carbocycles. The Balaban J connectivity index is 2.74. The summed E-state index contributed by atoms with van der Waals surface area (Å²) in [5.74, 6) is -2.59. The Morgan fingerprint density at radius 1 is 1.52 bits per heavy atom. The molecule has 1 aliphatic rings. The zero-order chi connectivity index (χ0) is 16.3. The number of rotatable bonds is 6. The molecule has 2 unspecified atom stereocenters. The number of amides is 1. The molecule has 0 bridgehead atoms. The van der Waals surface area contributed by atoms with Gasteiger partial charge in [-0.2, -0.15) is 13.2 Å². The van der Waals surface area contributed by atoms with Crippen molar-refractivity contribution < 1.29 is 32.6 Å². The fourth-order valence-corrected chi connectivity index (χ4v) is 2.18. The van der Waals surface area contributed by atoms with Crippen molar-refractivity contribution in [2.24, 2.45) is 5.41 Å². The van der Waals surface area contributed by atoms with Crippen LogP contribution < -0.4 is 0 Å². The summed E-state index contributed by atoms with van der Waals surface area (Å²) in [7, 11) is 0. The second-order valence-electron chi connectivity index (χ2n) is 4.99. The number of carboxylic acids is 1. The van der Waals surface area contributed by atoms with E-state index >= 15 is 0 Å². The number of alkyl halides is 3.